The molecule has 0 aromatic carbocycles. The average Bonchev–Trinajstić information content (AvgIpc) is 1.35. The zero-order valence-corrected chi connectivity index (χ0v) is 4.80. The molecular weight excluding hydrogens is 95.0 g/mol. The topological polar surface area (TPSA) is 20.2 Å². The van der Waals surface area contributed by atoms with Crippen LogP contribution in [-0.2, 0) is 0 Å². The van der Waals surface area contributed by atoms with E-state index in [9.17, 15) is 0 Å². The largest absolute Gasteiger partial charge is 0.396 e. The molecule has 1 atom stereocenters. The van der Waals surface area contributed by atoms with Crippen molar-refractivity contribution in [2.24, 2.45) is 0 Å². The molecule has 0 spiro atoms. The predicted octanol–water partition coefficient (Wildman–Crippen LogP) is 0.758. The molecule has 0 aliphatic heterocycles. The summed E-state index contributed by atoms with van der Waals surface area (Å²) in [5.41, 5.74) is 0. The van der Waals surface area contributed by atoms with Crippen LogP contribution >= 0.6 is 9.24 Å². The van der Waals surface area contributed by atoms with Gasteiger partial charge in [-0.3, -0.25) is 0 Å². The second-order valence-corrected chi connectivity index (χ2v) is 1.95. The van der Waals surface area contributed by atoms with Crippen LogP contribution in [-0.4, -0.2) is 11.7 Å². The van der Waals surface area contributed by atoms with E-state index in [1.165, 1.54) is 0 Å². The van der Waals surface area contributed by atoms with E-state index in [4.69, 9.17) is 5.11 Å². The lowest BCUT2D eigenvalue weighted by atomic mass is 10.4. The van der Waals surface area contributed by atoms with Gasteiger partial charge in [-0.05, 0) is 6.42 Å². The fourth-order valence-corrected chi connectivity index (χ4v) is 0.273. The van der Waals surface area contributed by atoms with Crippen LogP contribution < -0.4 is 0 Å². The summed E-state index contributed by atoms with van der Waals surface area (Å²) in [6, 6.07) is 0. The lowest BCUT2D eigenvalue weighted by Crippen LogP contribution is -1.77. The van der Waals surface area contributed by atoms with Crippen molar-refractivity contribution in [3.05, 3.63) is 11.9 Å². The molecule has 36 valence electrons. The number of hydrogen-bond acceptors (Lipinski definition) is 1. The van der Waals surface area contributed by atoms with Gasteiger partial charge in [-0.25, -0.2) is 0 Å². The summed E-state index contributed by atoms with van der Waals surface area (Å²) in [5, 5.41) is 9.12. The van der Waals surface area contributed by atoms with Gasteiger partial charge in [-0.15, -0.1) is 9.24 Å². The Morgan fingerprint density at radius 2 is 2.33 bits per heavy atom. The fraction of sp³-hybridized carbons (Fsp3) is 0.500. The summed E-state index contributed by atoms with van der Waals surface area (Å²) >= 11 is 0. The second kappa shape index (κ2) is 3.32. The highest BCUT2D eigenvalue weighted by atomic mass is 31.0. The van der Waals surface area contributed by atoms with Crippen molar-refractivity contribution in [2.45, 2.75) is 6.42 Å². The average molecular weight is 104 g/mol. The lowest BCUT2D eigenvalue weighted by molar-refractivity contribution is 0.302. The van der Waals surface area contributed by atoms with Crippen LogP contribution in [0.5, 0.6) is 0 Å². The Bertz CT molecular complexity index is 51.5. The van der Waals surface area contributed by atoms with E-state index in [0.717, 1.165) is 5.31 Å². The third-order valence-corrected chi connectivity index (χ3v) is 0.722. The SMILES string of the molecule is C=C(P)CCO. The standard InChI is InChI=1S/C4H9OP/c1-4(6)2-3-5/h5H,1-3,6H2. The van der Waals surface area contributed by atoms with Gasteiger partial charge in [0.2, 0.25) is 0 Å². The molecule has 1 unspecified atom stereocenters. The summed E-state index contributed by atoms with van der Waals surface area (Å²) in [6.07, 6.45) is 0.699. The van der Waals surface area contributed by atoms with Crippen molar-refractivity contribution in [3.63, 3.8) is 0 Å². The first-order chi connectivity index (χ1) is 2.77. The fourth-order valence-electron chi connectivity index (χ4n) is 0.144. The lowest BCUT2D eigenvalue weighted by Gasteiger charge is -1.86. The monoisotopic (exact) mass is 104 g/mol. The van der Waals surface area contributed by atoms with Gasteiger partial charge in [0.1, 0.15) is 0 Å². The highest BCUT2D eigenvalue weighted by Gasteiger charge is 1.77. The smallest absolute Gasteiger partial charge is 0.0471 e. The van der Waals surface area contributed by atoms with Gasteiger partial charge in [-0.1, -0.05) is 11.9 Å². The molecule has 0 saturated heterocycles. The Kier molecular flexibility index (Phi) is 3.40. The highest BCUT2D eigenvalue weighted by Crippen LogP contribution is 2.03. The van der Waals surface area contributed by atoms with E-state index in [-0.39, 0.29) is 6.61 Å². The van der Waals surface area contributed by atoms with Crippen LogP contribution in [0.4, 0.5) is 0 Å². The molecule has 0 radical (unpaired) electrons. The minimum Gasteiger partial charge on any atom is -0.396 e. The summed E-state index contributed by atoms with van der Waals surface area (Å²) in [4.78, 5) is 0. The third kappa shape index (κ3) is 4.13. The van der Waals surface area contributed by atoms with E-state index in [1.807, 2.05) is 0 Å². The first kappa shape index (κ1) is 6.13. The van der Waals surface area contributed by atoms with Crippen molar-refractivity contribution >= 4 is 9.24 Å². The summed E-state index contributed by atoms with van der Waals surface area (Å²) in [7, 11) is 2.42. The van der Waals surface area contributed by atoms with Crippen molar-refractivity contribution in [1.82, 2.24) is 0 Å². The molecule has 1 nitrogen and oxygen atoms in total. The van der Waals surface area contributed by atoms with E-state index in [2.05, 4.69) is 15.8 Å². The quantitative estimate of drug-likeness (QED) is 0.513. The van der Waals surface area contributed by atoms with Gasteiger partial charge in [0, 0.05) is 6.61 Å². The number of aliphatic hydroxyl groups excluding tert-OH is 1. The van der Waals surface area contributed by atoms with Crippen LogP contribution in [0.25, 0.3) is 0 Å². The maximum Gasteiger partial charge on any atom is 0.0471 e. The summed E-state index contributed by atoms with van der Waals surface area (Å²) < 4.78 is 0. The molecule has 0 heterocycles. The maximum atomic E-state index is 8.16. The minimum atomic E-state index is 0.211. The second-order valence-electron chi connectivity index (χ2n) is 1.13. The number of aliphatic hydroxyl groups is 1. The molecular formula is C4H9OP. The van der Waals surface area contributed by atoms with Crippen molar-refractivity contribution in [3.8, 4) is 0 Å². The van der Waals surface area contributed by atoms with E-state index < -0.39 is 0 Å². The molecule has 0 aliphatic rings. The molecule has 6 heavy (non-hydrogen) atoms. The number of hydrogen-bond donors (Lipinski definition) is 1. The van der Waals surface area contributed by atoms with E-state index >= 15 is 0 Å². The van der Waals surface area contributed by atoms with Crippen LogP contribution in [0.2, 0.25) is 0 Å². The van der Waals surface area contributed by atoms with Crippen molar-refractivity contribution < 1.29 is 5.11 Å². The molecule has 0 aromatic rings. The molecule has 2 heteroatoms. The summed E-state index contributed by atoms with van der Waals surface area (Å²) in [5.74, 6) is 0. The zero-order valence-electron chi connectivity index (χ0n) is 3.65. The Hall–Kier alpha value is 0.130. The molecule has 0 saturated carbocycles. The van der Waals surface area contributed by atoms with Crippen LogP contribution in [0, 0.1) is 0 Å². The molecule has 0 amide bonds. The Balaban J connectivity index is 2.83. The molecule has 1 N–H and O–H groups in total. The minimum absolute atomic E-state index is 0.211. The van der Waals surface area contributed by atoms with Crippen LogP contribution in [0.3, 0.4) is 0 Å². The van der Waals surface area contributed by atoms with Crippen LogP contribution in [0.1, 0.15) is 6.42 Å². The molecule has 0 fully saturated rings. The zero-order chi connectivity index (χ0) is 4.99. The van der Waals surface area contributed by atoms with E-state index in [1.54, 1.807) is 0 Å². The van der Waals surface area contributed by atoms with Crippen molar-refractivity contribution in [2.75, 3.05) is 6.61 Å². The first-order valence-corrected chi connectivity index (χ1v) is 2.39. The van der Waals surface area contributed by atoms with E-state index in [0.29, 0.717) is 6.42 Å². The first-order valence-electron chi connectivity index (χ1n) is 1.81. The predicted molar refractivity (Wildman–Crippen MR) is 30.6 cm³/mol. The Morgan fingerprint density at radius 3 is 2.33 bits per heavy atom. The Labute approximate surface area is 40.3 Å². The van der Waals surface area contributed by atoms with Gasteiger partial charge in [0.25, 0.3) is 0 Å². The van der Waals surface area contributed by atoms with Gasteiger partial charge < -0.3 is 5.11 Å². The molecule has 0 bridgehead atoms. The molecule has 0 aromatic heterocycles. The molecule has 0 aliphatic carbocycles. The van der Waals surface area contributed by atoms with Gasteiger partial charge in [0.15, 0.2) is 0 Å². The van der Waals surface area contributed by atoms with Crippen LogP contribution in [0.15, 0.2) is 11.9 Å². The Morgan fingerprint density at radius 1 is 1.83 bits per heavy atom. The van der Waals surface area contributed by atoms with Gasteiger partial charge in [-0.2, -0.15) is 0 Å². The number of rotatable bonds is 2. The highest BCUT2D eigenvalue weighted by molar-refractivity contribution is 7.22. The maximum absolute atomic E-state index is 8.16. The van der Waals surface area contributed by atoms with Crippen molar-refractivity contribution in [1.29, 1.82) is 0 Å². The normalized spacial score (nSPS) is 8.33. The summed E-state index contributed by atoms with van der Waals surface area (Å²) in [6.45, 7) is 3.76. The van der Waals surface area contributed by atoms with Gasteiger partial charge in [0.05, 0.1) is 0 Å². The third-order valence-electron chi connectivity index (χ3n) is 0.433. The molecule has 0 rings (SSSR count). The van der Waals surface area contributed by atoms with Gasteiger partial charge >= 0.3 is 0 Å².